The summed E-state index contributed by atoms with van der Waals surface area (Å²) in [5, 5.41) is 3.46. The summed E-state index contributed by atoms with van der Waals surface area (Å²) in [5.74, 6) is -0.193. The fourth-order valence-corrected chi connectivity index (χ4v) is 2.82. The molecule has 3 heteroatoms. The first kappa shape index (κ1) is 15.2. The first-order valence-corrected chi connectivity index (χ1v) is 7.57. The minimum Gasteiger partial charge on any atom is -0.307 e. The Labute approximate surface area is 128 Å². The quantitative estimate of drug-likeness (QED) is 0.837. The number of hydrogen-bond acceptors (Lipinski definition) is 1. The lowest BCUT2D eigenvalue weighted by Gasteiger charge is -2.23. The topological polar surface area (TPSA) is 12.0 Å². The largest absolute Gasteiger partial charge is 0.307 e. The van der Waals surface area contributed by atoms with Gasteiger partial charge < -0.3 is 5.32 Å². The van der Waals surface area contributed by atoms with Gasteiger partial charge in [0.15, 0.2) is 0 Å². The average Bonchev–Trinajstić information content (AvgIpc) is 2.42. The fraction of sp³-hybridized carbons (Fsp3) is 0.294. The smallest absolute Gasteiger partial charge is 0.123 e. The second-order valence-electron chi connectivity index (χ2n) is 4.99. The predicted octanol–water partition coefficient (Wildman–Crippen LogP) is 4.90. The highest BCUT2D eigenvalue weighted by Gasteiger charge is 2.18. The Morgan fingerprint density at radius 3 is 2.30 bits per heavy atom. The van der Waals surface area contributed by atoms with E-state index in [9.17, 15) is 4.39 Å². The van der Waals surface area contributed by atoms with Crippen molar-refractivity contribution in [2.24, 2.45) is 0 Å². The van der Waals surface area contributed by atoms with Crippen LogP contribution in [-0.2, 0) is 0 Å². The van der Waals surface area contributed by atoms with Crippen molar-refractivity contribution in [2.45, 2.75) is 26.8 Å². The van der Waals surface area contributed by atoms with Crippen LogP contribution in [0.5, 0.6) is 0 Å². The summed E-state index contributed by atoms with van der Waals surface area (Å²) in [7, 11) is 0. The van der Waals surface area contributed by atoms with Crippen LogP contribution < -0.4 is 5.32 Å². The lowest BCUT2D eigenvalue weighted by molar-refractivity contribution is 0.599. The van der Waals surface area contributed by atoms with Crippen LogP contribution in [0, 0.1) is 19.7 Å². The van der Waals surface area contributed by atoms with Crippen LogP contribution >= 0.6 is 15.9 Å². The Balaban J connectivity index is 2.55. The van der Waals surface area contributed by atoms with Gasteiger partial charge in [-0.05, 0) is 66.9 Å². The summed E-state index contributed by atoms with van der Waals surface area (Å²) in [6.07, 6.45) is 0. The van der Waals surface area contributed by atoms with Crippen LogP contribution in [0.25, 0.3) is 0 Å². The van der Waals surface area contributed by atoms with Crippen LogP contribution in [0.3, 0.4) is 0 Å². The Bertz CT molecular complexity index is 558. The SMILES string of the molecule is CCNC(c1cc(F)ccc1C)c1cc(Br)ccc1C. The molecule has 0 saturated carbocycles. The highest BCUT2D eigenvalue weighted by Crippen LogP contribution is 2.29. The van der Waals surface area contributed by atoms with E-state index < -0.39 is 0 Å². The predicted molar refractivity (Wildman–Crippen MR) is 85.5 cm³/mol. The van der Waals surface area contributed by atoms with Crippen molar-refractivity contribution in [3.63, 3.8) is 0 Å². The number of aryl methyl sites for hydroxylation is 2. The molecule has 2 aromatic carbocycles. The molecule has 0 fully saturated rings. The summed E-state index contributed by atoms with van der Waals surface area (Å²) >= 11 is 3.52. The third-order valence-electron chi connectivity index (χ3n) is 3.51. The van der Waals surface area contributed by atoms with E-state index in [1.165, 1.54) is 17.2 Å². The molecule has 0 spiro atoms. The Hall–Kier alpha value is -1.19. The van der Waals surface area contributed by atoms with Gasteiger partial charge in [-0.1, -0.05) is 35.0 Å². The van der Waals surface area contributed by atoms with E-state index in [1.54, 1.807) is 6.07 Å². The molecule has 106 valence electrons. The maximum absolute atomic E-state index is 13.6. The first-order valence-electron chi connectivity index (χ1n) is 6.78. The molecule has 0 amide bonds. The molecular weight excluding hydrogens is 317 g/mol. The summed E-state index contributed by atoms with van der Waals surface area (Å²) in [4.78, 5) is 0. The van der Waals surface area contributed by atoms with E-state index in [1.807, 2.05) is 19.1 Å². The van der Waals surface area contributed by atoms with Crippen molar-refractivity contribution in [3.8, 4) is 0 Å². The maximum atomic E-state index is 13.6. The van der Waals surface area contributed by atoms with Gasteiger partial charge in [0, 0.05) is 4.47 Å². The molecule has 0 aliphatic heterocycles. The number of nitrogens with one attached hydrogen (secondary N) is 1. The summed E-state index contributed by atoms with van der Waals surface area (Å²) in [5.41, 5.74) is 4.46. The zero-order chi connectivity index (χ0) is 14.7. The molecule has 2 rings (SSSR count). The molecule has 0 radical (unpaired) electrons. The highest BCUT2D eigenvalue weighted by molar-refractivity contribution is 9.10. The second kappa shape index (κ2) is 6.51. The van der Waals surface area contributed by atoms with Crippen molar-refractivity contribution in [3.05, 3.63) is 68.9 Å². The van der Waals surface area contributed by atoms with E-state index >= 15 is 0 Å². The first-order chi connectivity index (χ1) is 9.52. The van der Waals surface area contributed by atoms with E-state index in [0.29, 0.717) is 0 Å². The van der Waals surface area contributed by atoms with Gasteiger partial charge in [0.2, 0.25) is 0 Å². The molecule has 1 atom stereocenters. The zero-order valence-electron chi connectivity index (χ0n) is 12.0. The molecule has 1 unspecified atom stereocenters. The third-order valence-corrected chi connectivity index (χ3v) is 4.01. The normalized spacial score (nSPS) is 12.4. The molecule has 0 bridgehead atoms. The van der Waals surface area contributed by atoms with Gasteiger partial charge in [0.05, 0.1) is 6.04 Å². The van der Waals surface area contributed by atoms with E-state index in [0.717, 1.165) is 22.1 Å². The van der Waals surface area contributed by atoms with Crippen molar-refractivity contribution in [1.82, 2.24) is 5.32 Å². The molecule has 0 aliphatic rings. The molecule has 0 aliphatic carbocycles. The Morgan fingerprint density at radius 1 is 1.05 bits per heavy atom. The summed E-state index contributed by atoms with van der Waals surface area (Å²) in [6, 6.07) is 11.2. The molecule has 0 saturated heterocycles. The van der Waals surface area contributed by atoms with Crippen molar-refractivity contribution in [2.75, 3.05) is 6.54 Å². The van der Waals surface area contributed by atoms with Gasteiger partial charge >= 0.3 is 0 Å². The van der Waals surface area contributed by atoms with Gasteiger partial charge in [-0.25, -0.2) is 4.39 Å². The van der Waals surface area contributed by atoms with E-state index in [-0.39, 0.29) is 11.9 Å². The molecule has 0 aromatic heterocycles. The van der Waals surface area contributed by atoms with Gasteiger partial charge in [0.1, 0.15) is 5.82 Å². The highest BCUT2D eigenvalue weighted by atomic mass is 79.9. The Kier molecular flexibility index (Phi) is 4.95. The molecule has 20 heavy (non-hydrogen) atoms. The summed E-state index contributed by atoms with van der Waals surface area (Å²) in [6.45, 7) is 6.99. The number of halogens is 2. The molecular formula is C17H19BrFN. The van der Waals surface area contributed by atoms with Crippen molar-refractivity contribution < 1.29 is 4.39 Å². The van der Waals surface area contributed by atoms with Crippen molar-refractivity contribution >= 4 is 15.9 Å². The second-order valence-corrected chi connectivity index (χ2v) is 5.91. The van der Waals surface area contributed by atoms with E-state index in [4.69, 9.17) is 0 Å². The zero-order valence-corrected chi connectivity index (χ0v) is 13.6. The molecule has 0 heterocycles. The average molecular weight is 336 g/mol. The van der Waals surface area contributed by atoms with Crippen LogP contribution in [0.1, 0.15) is 35.2 Å². The third kappa shape index (κ3) is 3.28. The molecule has 1 nitrogen and oxygen atoms in total. The molecule has 2 aromatic rings. The van der Waals surface area contributed by atoms with Crippen LogP contribution in [0.15, 0.2) is 40.9 Å². The Morgan fingerprint density at radius 2 is 1.65 bits per heavy atom. The monoisotopic (exact) mass is 335 g/mol. The van der Waals surface area contributed by atoms with Gasteiger partial charge in [0.25, 0.3) is 0 Å². The van der Waals surface area contributed by atoms with Gasteiger partial charge in [-0.3, -0.25) is 0 Å². The van der Waals surface area contributed by atoms with Gasteiger partial charge in [-0.2, -0.15) is 0 Å². The standard InChI is InChI=1S/C17H19BrFN/c1-4-20-17(15-9-13(18)7-5-11(15)2)16-10-14(19)8-6-12(16)3/h5-10,17,20H,4H2,1-3H3. The molecule has 1 N–H and O–H groups in total. The lowest BCUT2D eigenvalue weighted by atomic mass is 9.92. The van der Waals surface area contributed by atoms with E-state index in [2.05, 4.69) is 47.2 Å². The minimum absolute atomic E-state index is 0.00759. The number of hydrogen-bond donors (Lipinski definition) is 1. The maximum Gasteiger partial charge on any atom is 0.123 e. The van der Waals surface area contributed by atoms with Crippen LogP contribution in [0.4, 0.5) is 4.39 Å². The van der Waals surface area contributed by atoms with Crippen LogP contribution in [0.2, 0.25) is 0 Å². The minimum atomic E-state index is -0.193. The van der Waals surface area contributed by atoms with Gasteiger partial charge in [-0.15, -0.1) is 0 Å². The lowest BCUT2D eigenvalue weighted by Crippen LogP contribution is -2.23. The number of benzene rings is 2. The van der Waals surface area contributed by atoms with Crippen LogP contribution in [-0.4, -0.2) is 6.54 Å². The fourth-order valence-electron chi connectivity index (χ4n) is 2.44. The van der Waals surface area contributed by atoms with Crippen molar-refractivity contribution in [1.29, 1.82) is 0 Å². The summed E-state index contributed by atoms with van der Waals surface area (Å²) < 4.78 is 14.6. The number of rotatable bonds is 4.